The number of aromatic carboxylic acids is 1. The summed E-state index contributed by atoms with van der Waals surface area (Å²) in [4.78, 5) is 19.3. The summed E-state index contributed by atoms with van der Waals surface area (Å²) >= 11 is 6.00. The van der Waals surface area contributed by atoms with Gasteiger partial charge < -0.3 is 16.6 Å². The van der Waals surface area contributed by atoms with Crippen LogP contribution in [0.3, 0.4) is 0 Å². The van der Waals surface area contributed by atoms with Crippen LogP contribution in [0.4, 0.5) is 11.8 Å². The molecule has 0 spiro atoms. The average molecular weight is 366 g/mol. The quantitative estimate of drug-likeness (QED) is 0.647. The number of nitrogen functional groups attached to an aromatic ring is 2. The molecule has 0 bridgehead atoms. The van der Waals surface area contributed by atoms with Crippen molar-refractivity contribution in [2.24, 2.45) is 0 Å². The van der Waals surface area contributed by atoms with Crippen LogP contribution in [0.2, 0.25) is 5.02 Å². The van der Waals surface area contributed by atoms with E-state index in [0.717, 1.165) is 0 Å². The lowest BCUT2D eigenvalue weighted by Gasteiger charge is -2.10. The first-order valence-electron chi connectivity index (χ1n) is 7.37. The smallest absolute Gasteiger partial charge is 0.336 e. The molecule has 3 rings (SSSR count). The minimum Gasteiger partial charge on any atom is -0.478 e. The second-order valence-electron chi connectivity index (χ2n) is 5.37. The molecule has 0 aliphatic carbocycles. The lowest BCUT2D eigenvalue weighted by atomic mass is 9.97. The van der Waals surface area contributed by atoms with Crippen molar-refractivity contribution < 1.29 is 9.90 Å². The van der Waals surface area contributed by atoms with Gasteiger partial charge in [0, 0.05) is 10.6 Å². The zero-order valence-electron chi connectivity index (χ0n) is 13.3. The van der Waals surface area contributed by atoms with Crippen molar-refractivity contribution in [3.8, 4) is 28.5 Å². The third-order valence-electron chi connectivity index (χ3n) is 3.75. The summed E-state index contributed by atoms with van der Waals surface area (Å²) in [5.41, 5.74) is 13.7. The number of aromatic nitrogens is 2. The molecule has 26 heavy (non-hydrogen) atoms. The van der Waals surface area contributed by atoms with E-state index < -0.39 is 5.97 Å². The SMILES string of the molecule is N#Cc1c(N)nc(N)nc1-c1ccc(-c2cc(Cl)ccc2C(=O)O)cc1. The molecule has 0 unspecified atom stereocenters. The Morgan fingerprint density at radius 2 is 1.73 bits per heavy atom. The Morgan fingerprint density at radius 3 is 2.35 bits per heavy atom. The van der Waals surface area contributed by atoms with Gasteiger partial charge in [-0.25, -0.2) is 9.78 Å². The number of nitrogens with zero attached hydrogens (tertiary/aromatic N) is 3. The molecule has 7 nitrogen and oxygen atoms in total. The standard InChI is InChI=1S/C18H12ClN5O2/c19-11-5-6-12(17(25)26)13(7-11)9-1-3-10(4-2-9)15-14(8-20)16(21)24-18(22)23-15/h1-7H,(H,25,26)(H4,21,22,23,24). The van der Waals surface area contributed by atoms with E-state index in [1.54, 1.807) is 30.3 Å². The Bertz CT molecular complexity index is 1060. The molecule has 0 radical (unpaired) electrons. The van der Waals surface area contributed by atoms with Crippen molar-refractivity contribution in [3.05, 3.63) is 58.6 Å². The summed E-state index contributed by atoms with van der Waals surface area (Å²) < 4.78 is 0. The second kappa shape index (κ2) is 6.70. The number of carboxylic acid groups (broad SMARTS) is 1. The van der Waals surface area contributed by atoms with Crippen LogP contribution in [0, 0.1) is 11.3 Å². The Labute approximate surface area is 153 Å². The van der Waals surface area contributed by atoms with Gasteiger partial charge in [0.25, 0.3) is 0 Å². The predicted octanol–water partition coefficient (Wildman–Crippen LogP) is 3.20. The highest BCUT2D eigenvalue weighted by atomic mass is 35.5. The van der Waals surface area contributed by atoms with Gasteiger partial charge in [0.05, 0.1) is 11.3 Å². The highest BCUT2D eigenvalue weighted by Crippen LogP contribution is 2.31. The topological polar surface area (TPSA) is 139 Å². The van der Waals surface area contributed by atoms with Crippen molar-refractivity contribution in [1.82, 2.24) is 9.97 Å². The molecule has 0 aliphatic heterocycles. The monoisotopic (exact) mass is 365 g/mol. The van der Waals surface area contributed by atoms with Crippen molar-refractivity contribution in [2.75, 3.05) is 11.5 Å². The molecule has 0 atom stereocenters. The van der Waals surface area contributed by atoms with Gasteiger partial charge in [0.2, 0.25) is 5.95 Å². The highest BCUT2D eigenvalue weighted by molar-refractivity contribution is 6.31. The fourth-order valence-electron chi connectivity index (χ4n) is 2.56. The first-order valence-corrected chi connectivity index (χ1v) is 7.75. The molecule has 3 aromatic rings. The first-order chi connectivity index (χ1) is 12.4. The maximum absolute atomic E-state index is 11.4. The van der Waals surface area contributed by atoms with Gasteiger partial charge in [-0.2, -0.15) is 10.2 Å². The van der Waals surface area contributed by atoms with E-state index in [1.165, 1.54) is 12.1 Å². The Hall–Kier alpha value is -3.63. The van der Waals surface area contributed by atoms with Crippen molar-refractivity contribution in [2.45, 2.75) is 0 Å². The van der Waals surface area contributed by atoms with Crippen molar-refractivity contribution in [1.29, 1.82) is 5.26 Å². The van der Waals surface area contributed by atoms with E-state index in [-0.39, 0.29) is 22.9 Å². The van der Waals surface area contributed by atoms with Gasteiger partial charge in [0.1, 0.15) is 17.5 Å². The van der Waals surface area contributed by atoms with Gasteiger partial charge in [0.15, 0.2) is 0 Å². The van der Waals surface area contributed by atoms with Crippen LogP contribution in [-0.4, -0.2) is 21.0 Å². The summed E-state index contributed by atoms with van der Waals surface area (Å²) in [5.74, 6) is -1.09. The fourth-order valence-corrected chi connectivity index (χ4v) is 2.74. The summed E-state index contributed by atoms with van der Waals surface area (Å²) in [7, 11) is 0. The first kappa shape index (κ1) is 17.2. The van der Waals surface area contributed by atoms with E-state index in [1.807, 2.05) is 6.07 Å². The third kappa shape index (κ3) is 3.14. The van der Waals surface area contributed by atoms with Gasteiger partial charge in [-0.3, -0.25) is 0 Å². The number of nitrogens with two attached hydrogens (primary N) is 2. The number of halogens is 1. The van der Waals surface area contributed by atoms with E-state index >= 15 is 0 Å². The highest BCUT2D eigenvalue weighted by Gasteiger charge is 2.15. The van der Waals surface area contributed by atoms with E-state index in [2.05, 4.69) is 9.97 Å². The molecular weight excluding hydrogens is 354 g/mol. The number of hydrogen-bond acceptors (Lipinski definition) is 6. The van der Waals surface area contributed by atoms with Crippen molar-refractivity contribution >= 4 is 29.3 Å². The maximum Gasteiger partial charge on any atom is 0.336 e. The Morgan fingerprint density at radius 1 is 1.08 bits per heavy atom. The normalized spacial score (nSPS) is 10.3. The van der Waals surface area contributed by atoms with Crippen LogP contribution in [0.1, 0.15) is 15.9 Å². The van der Waals surface area contributed by atoms with Crippen LogP contribution in [0.25, 0.3) is 22.4 Å². The summed E-state index contributed by atoms with van der Waals surface area (Å²) in [6.45, 7) is 0. The number of rotatable bonds is 3. The number of carboxylic acids is 1. The van der Waals surface area contributed by atoms with Crippen LogP contribution >= 0.6 is 11.6 Å². The molecule has 8 heteroatoms. The zero-order valence-corrected chi connectivity index (χ0v) is 14.0. The number of nitriles is 1. The molecule has 0 aliphatic rings. The number of anilines is 2. The molecular formula is C18H12ClN5O2. The minimum absolute atomic E-state index is 0.00193. The number of hydrogen-bond donors (Lipinski definition) is 3. The average Bonchev–Trinajstić information content (AvgIpc) is 2.61. The molecule has 128 valence electrons. The lowest BCUT2D eigenvalue weighted by molar-refractivity contribution is 0.0697. The number of carbonyl (C=O) groups is 1. The van der Waals surface area contributed by atoms with Crippen LogP contribution in [0.15, 0.2) is 42.5 Å². The molecule has 0 saturated heterocycles. The van der Waals surface area contributed by atoms with Gasteiger partial charge >= 0.3 is 5.97 Å². The fraction of sp³-hybridized carbons (Fsp3) is 0. The van der Waals surface area contributed by atoms with E-state index in [0.29, 0.717) is 27.4 Å². The summed E-state index contributed by atoms with van der Waals surface area (Å²) in [6, 6.07) is 13.3. The second-order valence-corrected chi connectivity index (χ2v) is 5.81. The molecule has 0 amide bonds. The predicted molar refractivity (Wildman–Crippen MR) is 98.4 cm³/mol. The van der Waals surface area contributed by atoms with E-state index in [9.17, 15) is 15.2 Å². The molecule has 2 aromatic carbocycles. The molecule has 1 aromatic heterocycles. The maximum atomic E-state index is 11.4. The molecule has 0 saturated carbocycles. The summed E-state index contributed by atoms with van der Waals surface area (Å²) in [6.07, 6.45) is 0. The third-order valence-corrected chi connectivity index (χ3v) is 3.98. The lowest BCUT2D eigenvalue weighted by Crippen LogP contribution is -2.05. The Kier molecular flexibility index (Phi) is 4.43. The van der Waals surface area contributed by atoms with Crippen LogP contribution in [-0.2, 0) is 0 Å². The Balaban J connectivity index is 2.11. The minimum atomic E-state index is -1.05. The largest absolute Gasteiger partial charge is 0.478 e. The van der Waals surface area contributed by atoms with Gasteiger partial charge in [-0.1, -0.05) is 35.9 Å². The van der Waals surface area contributed by atoms with Crippen LogP contribution < -0.4 is 11.5 Å². The number of benzene rings is 2. The summed E-state index contributed by atoms with van der Waals surface area (Å²) in [5, 5.41) is 19.1. The van der Waals surface area contributed by atoms with Gasteiger partial charge in [-0.05, 0) is 29.3 Å². The van der Waals surface area contributed by atoms with Gasteiger partial charge in [-0.15, -0.1) is 0 Å². The van der Waals surface area contributed by atoms with Crippen molar-refractivity contribution in [3.63, 3.8) is 0 Å². The molecule has 0 fully saturated rings. The van der Waals surface area contributed by atoms with E-state index in [4.69, 9.17) is 23.1 Å². The molecule has 1 heterocycles. The molecule has 5 N–H and O–H groups in total. The zero-order chi connectivity index (χ0) is 18.8. The van der Waals surface area contributed by atoms with Crippen LogP contribution in [0.5, 0.6) is 0 Å².